The van der Waals surface area contributed by atoms with Crippen LogP contribution in [0.3, 0.4) is 0 Å². The van der Waals surface area contributed by atoms with E-state index in [2.05, 4.69) is 11.8 Å². The van der Waals surface area contributed by atoms with E-state index in [9.17, 15) is 4.79 Å². The zero-order chi connectivity index (χ0) is 17.1. The number of hydrogen-bond donors (Lipinski definition) is 1. The number of nitrogens with zero attached hydrogens (tertiary/aromatic N) is 1. The fourth-order valence-electron chi connectivity index (χ4n) is 2.66. The van der Waals surface area contributed by atoms with Crippen LogP contribution in [0.5, 0.6) is 0 Å². The summed E-state index contributed by atoms with van der Waals surface area (Å²) >= 11 is 0. The van der Waals surface area contributed by atoms with Gasteiger partial charge in [-0.15, -0.1) is 0 Å². The molecule has 6 heteroatoms. The molecule has 1 atom stereocenters. The summed E-state index contributed by atoms with van der Waals surface area (Å²) in [6.07, 6.45) is 2.05. The van der Waals surface area contributed by atoms with Gasteiger partial charge in [0.2, 0.25) is 0 Å². The molecule has 0 fully saturated rings. The third-order valence-corrected chi connectivity index (χ3v) is 6.26. The highest BCUT2D eigenvalue weighted by atomic mass is 28.3. The average Bonchev–Trinajstić information content (AvgIpc) is 2.54. The van der Waals surface area contributed by atoms with Gasteiger partial charge < -0.3 is 18.9 Å². The van der Waals surface area contributed by atoms with Gasteiger partial charge in [0, 0.05) is 25.4 Å². The lowest BCUT2D eigenvalue weighted by atomic mass is 10.2. The lowest BCUT2D eigenvalue weighted by Gasteiger charge is -2.36. The van der Waals surface area contributed by atoms with Crippen molar-refractivity contribution in [3.63, 3.8) is 0 Å². The van der Waals surface area contributed by atoms with E-state index >= 15 is 0 Å². The minimum Gasteiger partial charge on any atom is -0.481 e. The summed E-state index contributed by atoms with van der Waals surface area (Å²) in [7, 11) is -1.92. The maximum atomic E-state index is 11.1. The number of para-hydroxylation sites is 1. The van der Waals surface area contributed by atoms with Crippen LogP contribution in [0.15, 0.2) is 30.3 Å². The molecule has 1 unspecified atom stereocenters. The number of carboxylic acids is 1. The molecule has 0 radical (unpaired) electrons. The Hall–Kier alpha value is -1.37. The van der Waals surface area contributed by atoms with E-state index in [1.807, 2.05) is 44.2 Å². The van der Waals surface area contributed by atoms with Crippen LogP contribution in [0.4, 0.5) is 5.69 Å². The fourth-order valence-corrected chi connectivity index (χ4v) is 5.07. The van der Waals surface area contributed by atoms with Gasteiger partial charge in [-0.25, -0.2) is 0 Å². The topological polar surface area (TPSA) is 59.0 Å². The highest BCUT2D eigenvalue weighted by molar-refractivity contribution is 6.47. The van der Waals surface area contributed by atoms with Gasteiger partial charge in [-0.1, -0.05) is 31.5 Å². The molecule has 0 aliphatic carbocycles. The predicted octanol–water partition coefficient (Wildman–Crippen LogP) is 2.97. The lowest BCUT2D eigenvalue weighted by Crippen LogP contribution is -2.50. The van der Waals surface area contributed by atoms with Gasteiger partial charge in [-0.2, -0.15) is 0 Å². The van der Waals surface area contributed by atoms with Gasteiger partial charge in [0.25, 0.3) is 0 Å². The molecule has 0 saturated heterocycles. The molecule has 0 aromatic heterocycles. The molecule has 0 aliphatic rings. The number of carboxylic acid groups (broad SMARTS) is 1. The summed E-state index contributed by atoms with van der Waals surface area (Å²) in [4.78, 5) is 13.2. The van der Waals surface area contributed by atoms with Gasteiger partial charge in [0.05, 0.1) is 12.1 Å². The smallest absolute Gasteiger partial charge is 0.344 e. The molecular weight excluding hydrogens is 310 g/mol. The molecule has 0 spiro atoms. The molecule has 0 saturated carbocycles. The molecule has 0 amide bonds. The Bertz CT molecular complexity index is 437. The molecule has 0 heterocycles. The lowest BCUT2D eigenvalue weighted by molar-refractivity contribution is -0.136. The van der Waals surface area contributed by atoms with Crippen molar-refractivity contribution in [2.24, 2.45) is 0 Å². The van der Waals surface area contributed by atoms with Crippen LogP contribution < -0.4 is 4.90 Å². The van der Waals surface area contributed by atoms with Crippen molar-refractivity contribution in [2.75, 3.05) is 24.7 Å². The molecule has 0 bridgehead atoms. The number of aliphatic carboxylic acids is 1. The molecule has 23 heavy (non-hydrogen) atoms. The van der Waals surface area contributed by atoms with Gasteiger partial charge in [0.15, 0.2) is 0 Å². The first-order chi connectivity index (χ1) is 11.1. The van der Waals surface area contributed by atoms with Crippen molar-refractivity contribution in [3.05, 3.63) is 30.3 Å². The number of anilines is 1. The van der Waals surface area contributed by atoms with Crippen molar-refractivity contribution in [2.45, 2.75) is 45.7 Å². The maximum absolute atomic E-state index is 11.1. The summed E-state index contributed by atoms with van der Waals surface area (Å²) in [6.45, 7) is 7.81. The standard InChI is InChI=1S/C17H29NO4Si/c1-4-10-16(23(21-5-2)22-6-3)18(14-13-17(19)20)15-11-8-7-9-12-15/h7-9,11-12,16,23H,4-6,10,13-14H2,1-3H3,(H,19,20). The number of benzene rings is 1. The predicted molar refractivity (Wildman–Crippen MR) is 95.1 cm³/mol. The Balaban J connectivity index is 3.06. The Morgan fingerprint density at radius 1 is 1.17 bits per heavy atom. The minimum atomic E-state index is -1.92. The molecule has 1 rings (SSSR count). The van der Waals surface area contributed by atoms with Crippen LogP contribution >= 0.6 is 0 Å². The van der Waals surface area contributed by atoms with Crippen LogP contribution in [-0.4, -0.2) is 45.8 Å². The largest absolute Gasteiger partial charge is 0.481 e. The van der Waals surface area contributed by atoms with Crippen LogP contribution in [0, 0.1) is 0 Å². The van der Waals surface area contributed by atoms with Crippen molar-refractivity contribution in [1.82, 2.24) is 0 Å². The van der Waals surface area contributed by atoms with E-state index in [0.29, 0.717) is 19.8 Å². The summed E-state index contributed by atoms with van der Waals surface area (Å²) in [6, 6.07) is 9.96. The molecule has 1 aromatic rings. The molecule has 130 valence electrons. The van der Waals surface area contributed by atoms with E-state index in [1.165, 1.54) is 0 Å². The number of rotatable bonds is 12. The van der Waals surface area contributed by atoms with Crippen LogP contribution in [0.2, 0.25) is 0 Å². The zero-order valence-corrected chi connectivity index (χ0v) is 15.6. The molecule has 1 aromatic carbocycles. The second kappa shape index (κ2) is 11.2. The van der Waals surface area contributed by atoms with E-state index in [4.69, 9.17) is 14.0 Å². The summed E-state index contributed by atoms with van der Waals surface area (Å²) in [5.74, 6) is -0.785. The SMILES string of the molecule is CCCC(N(CCC(=O)O)c1ccccc1)[SiH](OCC)OCC. The summed E-state index contributed by atoms with van der Waals surface area (Å²) in [5.41, 5.74) is 1.16. The van der Waals surface area contributed by atoms with Gasteiger partial charge in [-0.05, 0) is 32.4 Å². The molecule has 0 aliphatic heterocycles. The van der Waals surface area contributed by atoms with E-state index in [1.54, 1.807) is 0 Å². The van der Waals surface area contributed by atoms with Gasteiger partial charge >= 0.3 is 15.3 Å². The van der Waals surface area contributed by atoms with Crippen molar-refractivity contribution in [1.29, 1.82) is 0 Å². The van der Waals surface area contributed by atoms with E-state index in [0.717, 1.165) is 18.5 Å². The fraction of sp³-hybridized carbons (Fsp3) is 0.588. The van der Waals surface area contributed by atoms with E-state index in [-0.39, 0.29) is 12.1 Å². The Morgan fingerprint density at radius 2 is 1.78 bits per heavy atom. The Labute approximate surface area is 141 Å². The zero-order valence-electron chi connectivity index (χ0n) is 14.4. The second-order valence-electron chi connectivity index (χ2n) is 5.31. The first kappa shape index (κ1) is 19.7. The third kappa shape index (κ3) is 6.72. The second-order valence-corrected chi connectivity index (χ2v) is 7.48. The number of carbonyl (C=O) groups is 1. The van der Waals surface area contributed by atoms with Crippen LogP contribution in [0.25, 0.3) is 0 Å². The maximum Gasteiger partial charge on any atom is 0.344 e. The van der Waals surface area contributed by atoms with Crippen molar-refractivity contribution < 1.29 is 18.8 Å². The van der Waals surface area contributed by atoms with Gasteiger partial charge in [-0.3, -0.25) is 4.79 Å². The average molecular weight is 340 g/mol. The third-order valence-electron chi connectivity index (χ3n) is 3.62. The highest BCUT2D eigenvalue weighted by Gasteiger charge is 2.31. The van der Waals surface area contributed by atoms with Crippen molar-refractivity contribution in [3.8, 4) is 0 Å². The Morgan fingerprint density at radius 3 is 2.26 bits per heavy atom. The molecular formula is C17H29NO4Si. The normalized spacial score (nSPS) is 12.3. The summed E-state index contributed by atoms with van der Waals surface area (Å²) < 4.78 is 11.9. The highest BCUT2D eigenvalue weighted by Crippen LogP contribution is 2.22. The van der Waals surface area contributed by atoms with Gasteiger partial charge in [0.1, 0.15) is 0 Å². The Kier molecular flexibility index (Phi) is 9.59. The first-order valence-corrected chi connectivity index (χ1v) is 10.0. The molecule has 5 nitrogen and oxygen atoms in total. The van der Waals surface area contributed by atoms with Crippen LogP contribution in [-0.2, 0) is 13.6 Å². The quantitative estimate of drug-likeness (QED) is 0.593. The number of hydrogen-bond acceptors (Lipinski definition) is 4. The monoisotopic (exact) mass is 339 g/mol. The minimum absolute atomic E-state index is 0.106. The summed E-state index contributed by atoms with van der Waals surface area (Å²) in [5, 5.41) is 9.09. The van der Waals surface area contributed by atoms with Crippen molar-refractivity contribution >= 4 is 20.9 Å². The molecule has 1 N–H and O–H groups in total. The van der Waals surface area contributed by atoms with Crippen LogP contribution in [0.1, 0.15) is 40.0 Å². The first-order valence-electron chi connectivity index (χ1n) is 8.40. The van der Waals surface area contributed by atoms with E-state index < -0.39 is 15.3 Å².